The topological polar surface area (TPSA) is 46.4 Å². The maximum Gasteiger partial charge on any atom is 0.227 e. The van der Waals surface area contributed by atoms with E-state index in [2.05, 4.69) is 10.3 Å². The maximum absolute atomic E-state index is 12.4. The molecule has 0 aliphatic rings. The van der Waals surface area contributed by atoms with Crippen LogP contribution in [-0.4, -0.2) is 15.3 Å². The first-order valence-electron chi connectivity index (χ1n) is 7.01. The van der Waals surface area contributed by atoms with Gasteiger partial charge in [-0.3, -0.25) is 9.20 Å². The van der Waals surface area contributed by atoms with E-state index in [0.29, 0.717) is 6.54 Å². The Morgan fingerprint density at radius 1 is 1.38 bits per heavy atom. The molecule has 0 radical (unpaired) electrons. The standard InChI is InChI=1S/C16H17N3OS/c1-2-14(12-6-4-3-5-7-12)15(20)17-10-13-11-19-8-9-21-16(19)18-13/h3-9,11,14H,2,10H2,1H3,(H,17,20). The lowest BCUT2D eigenvalue weighted by Crippen LogP contribution is -2.28. The van der Waals surface area contributed by atoms with Crippen molar-refractivity contribution in [3.8, 4) is 0 Å². The van der Waals surface area contributed by atoms with Gasteiger partial charge in [-0.15, -0.1) is 11.3 Å². The second kappa shape index (κ2) is 6.10. The fourth-order valence-electron chi connectivity index (χ4n) is 2.42. The molecule has 1 amide bonds. The van der Waals surface area contributed by atoms with Gasteiger partial charge in [0.2, 0.25) is 5.91 Å². The lowest BCUT2D eigenvalue weighted by Gasteiger charge is -2.14. The normalized spacial score (nSPS) is 12.4. The van der Waals surface area contributed by atoms with Crippen LogP contribution in [0.4, 0.5) is 0 Å². The average Bonchev–Trinajstić information content (AvgIpc) is 3.08. The van der Waals surface area contributed by atoms with Crippen molar-refractivity contribution in [2.24, 2.45) is 0 Å². The highest BCUT2D eigenvalue weighted by atomic mass is 32.1. The summed E-state index contributed by atoms with van der Waals surface area (Å²) in [5.41, 5.74) is 1.95. The highest BCUT2D eigenvalue weighted by Gasteiger charge is 2.18. The summed E-state index contributed by atoms with van der Waals surface area (Å²) >= 11 is 1.59. The minimum atomic E-state index is -0.102. The average molecular weight is 299 g/mol. The minimum absolute atomic E-state index is 0.0556. The fraction of sp³-hybridized carbons (Fsp3) is 0.250. The number of aromatic nitrogens is 2. The molecule has 1 aromatic carbocycles. The zero-order chi connectivity index (χ0) is 14.7. The van der Waals surface area contributed by atoms with E-state index in [4.69, 9.17) is 0 Å². The van der Waals surface area contributed by atoms with E-state index >= 15 is 0 Å². The molecule has 3 rings (SSSR count). The molecule has 5 heteroatoms. The molecular weight excluding hydrogens is 282 g/mol. The highest BCUT2D eigenvalue weighted by Crippen LogP contribution is 2.19. The van der Waals surface area contributed by atoms with Crippen LogP contribution in [0.25, 0.3) is 4.96 Å². The van der Waals surface area contributed by atoms with Crippen LogP contribution in [0.1, 0.15) is 30.5 Å². The van der Waals surface area contributed by atoms with E-state index in [0.717, 1.165) is 22.6 Å². The van der Waals surface area contributed by atoms with Crippen LogP contribution in [0, 0.1) is 0 Å². The quantitative estimate of drug-likeness (QED) is 0.786. The molecule has 0 saturated heterocycles. The van der Waals surface area contributed by atoms with E-state index in [1.807, 2.05) is 59.4 Å². The number of rotatable bonds is 5. The second-order valence-electron chi connectivity index (χ2n) is 4.91. The molecule has 0 aliphatic heterocycles. The van der Waals surface area contributed by atoms with Crippen LogP contribution in [0.15, 0.2) is 48.1 Å². The van der Waals surface area contributed by atoms with Crippen molar-refractivity contribution >= 4 is 22.2 Å². The highest BCUT2D eigenvalue weighted by molar-refractivity contribution is 7.15. The van der Waals surface area contributed by atoms with Gasteiger partial charge in [0, 0.05) is 17.8 Å². The van der Waals surface area contributed by atoms with Gasteiger partial charge < -0.3 is 5.32 Å². The Morgan fingerprint density at radius 2 is 2.19 bits per heavy atom. The van der Waals surface area contributed by atoms with Crippen molar-refractivity contribution in [2.45, 2.75) is 25.8 Å². The zero-order valence-corrected chi connectivity index (χ0v) is 12.6. The number of nitrogens with zero attached hydrogens (tertiary/aromatic N) is 2. The number of hydrogen-bond acceptors (Lipinski definition) is 3. The summed E-state index contributed by atoms with van der Waals surface area (Å²) in [6, 6.07) is 9.90. The van der Waals surface area contributed by atoms with E-state index in [9.17, 15) is 4.79 Å². The lowest BCUT2D eigenvalue weighted by atomic mass is 9.96. The zero-order valence-electron chi connectivity index (χ0n) is 11.8. The third-order valence-electron chi connectivity index (χ3n) is 3.51. The van der Waals surface area contributed by atoms with E-state index in [-0.39, 0.29) is 11.8 Å². The van der Waals surface area contributed by atoms with Crippen molar-refractivity contribution < 1.29 is 4.79 Å². The van der Waals surface area contributed by atoms with Gasteiger partial charge in [-0.2, -0.15) is 0 Å². The van der Waals surface area contributed by atoms with Crippen molar-refractivity contribution in [1.82, 2.24) is 14.7 Å². The van der Waals surface area contributed by atoms with Gasteiger partial charge in [0.15, 0.2) is 4.96 Å². The van der Waals surface area contributed by atoms with Crippen molar-refractivity contribution in [3.05, 3.63) is 59.4 Å². The van der Waals surface area contributed by atoms with Gasteiger partial charge in [0.05, 0.1) is 18.2 Å². The largest absolute Gasteiger partial charge is 0.350 e. The molecule has 0 spiro atoms. The van der Waals surface area contributed by atoms with Crippen molar-refractivity contribution in [2.75, 3.05) is 0 Å². The first kappa shape index (κ1) is 13.8. The Bertz CT molecular complexity index is 704. The summed E-state index contributed by atoms with van der Waals surface area (Å²) in [5, 5.41) is 4.98. The third-order valence-corrected chi connectivity index (χ3v) is 4.28. The molecule has 0 saturated carbocycles. The van der Waals surface area contributed by atoms with Crippen molar-refractivity contribution in [3.63, 3.8) is 0 Å². The monoisotopic (exact) mass is 299 g/mol. The number of hydrogen-bond donors (Lipinski definition) is 1. The van der Waals surface area contributed by atoms with Gasteiger partial charge in [-0.05, 0) is 12.0 Å². The van der Waals surface area contributed by atoms with E-state index in [1.165, 1.54) is 0 Å². The van der Waals surface area contributed by atoms with E-state index < -0.39 is 0 Å². The van der Waals surface area contributed by atoms with Crippen LogP contribution >= 0.6 is 11.3 Å². The Kier molecular flexibility index (Phi) is 4.01. The molecule has 0 bridgehead atoms. The van der Waals surface area contributed by atoms with Gasteiger partial charge in [0.1, 0.15) is 0 Å². The first-order chi connectivity index (χ1) is 10.3. The van der Waals surface area contributed by atoms with Gasteiger partial charge in [0.25, 0.3) is 0 Å². The number of imidazole rings is 1. The molecule has 2 aromatic heterocycles. The Balaban J connectivity index is 1.66. The Hall–Kier alpha value is -2.14. The number of carbonyl (C=O) groups is 1. The summed E-state index contributed by atoms with van der Waals surface area (Å²) in [5.74, 6) is -0.0463. The number of nitrogens with one attached hydrogen (secondary N) is 1. The molecule has 1 atom stereocenters. The van der Waals surface area contributed by atoms with Gasteiger partial charge >= 0.3 is 0 Å². The SMILES string of the molecule is CCC(C(=O)NCc1cn2ccsc2n1)c1ccccc1. The van der Waals surface area contributed by atoms with Crippen LogP contribution in [0.2, 0.25) is 0 Å². The number of carbonyl (C=O) groups excluding carboxylic acids is 1. The van der Waals surface area contributed by atoms with Gasteiger partial charge in [-0.25, -0.2) is 4.98 Å². The maximum atomic E-state index is 12.4. The summed E-state index contributed by atoms with van der Waals surface area (Å²) in [7, 11) is 0. The molecule has 2 heterocycles. The summed E-state index contributed by atoms with van der Waals surface area (Å²) < 4.78 is 1.97. The molecule has 108 valence electrons. The summed E-state index contributed by atoms with van der Waals surface area (Å²) in [4.78, 5) is 17.8. The first-order valence-corrected chi connectivity index (χ1v) is 7.89. The Labute approximate surface area is 127 Å². The number of fused-ring (bicyclic) bond motifs is 1. The fourth-order valence-corrected chi connectivity index (χ4v) is 3.14. The predicted octanol–water partition coefficient (Wildman–Crippen LogP) is 3.21. The summed E-state index contributed by atoms with van der Waals surface area (Å²) in [6.07, 6.45) is 4.71. The third kappa shape index (κ3) is 2.97. The van der Waals surface area contributed by atoms with Crippen molar-refractivity contribution in [1.29, 1.82) is 0 Å². The minimum Gasteiger partial charge on any atom is -0.350 e. The molecule has 0 fully saturated rings. The second-order valence-corrected chi connectivity index (χ2v) is 5.79. The molecule has 0 aliphatic carbocycles. The summed E-state index contributed by atoms with van der Waals surface area (Å²) in [6.45, 7) is 2.50. The number of amides is 1. The van der Waals surface area contributed by atoms with Crippen LogP contribution in [0.3, 0.4) is 0 Å². The molecule has 4 nitrogen and oxygen atoms in total. The van der Waals surface area contributed by atoms with Gasteiger partial charge in [-0.1, -0.05) is 37.3 Å². The smallest absolute Gasteiger partial charge is 0.227 e. The lowest BCUT2D eigenvalue weighted by molar-refractivity contribution is -0.122. The van der Waals surface area contributed by atoms with Crippen LogP contribution in [0.5, 0.6) is 0 Å². The molecular formula is C16H17N3OS. The Morgan fingerprint density at radius 3 is 2.90 bits per heavy atom. The van der Waals surface area contributed by atoms with Crippen LogP contribution < -0.4 is 5.32 Å². The predicted molar refractivity (Wildman–Crippen MR) is 84.4 cm³/mol. The van der Waals surface area contributed by atoms with Crippen LogP contribution in [-0.2, 0) is 11.3 Å². The van der Waals surface area contributed by atoms with E-state index in [1.54, 1.807) is 11.3 Å². The number of benzene rings is 1. The number of thiazole rings is 1. The molecule has 21 heavy (non-hydrogen) atoms. The molecule has 1 unspecified atom stereocenters. The molecule has 1 N–H and O–H groups in total. The molecule has 3 aromatic rings.